The molecule has 0 unspecified atom stereocenters. The third-order valence-corrected chi connectivity index (χ3v) is 2.38. The number of nitrogens with zero attached hydrogens (tertiary/aromatic N) is 3. The highest BCUT2D eigenvalue weighted by atomic mass is 16.5. The Balaban J connectivity index is 2.60. The van der Waals surface area contributed by atoms with Crippen LogP contribution in [0.3, 0.4) is 0 Å². The van der Waals surface area contributed by atoms with Crippen molar-refractivity contribution >= 4 is 23.1 Å². The summed E-state index contributed by atoms with van der Waals surface area (Å²) >= 11 is 0. The van der Waals surface area contributed by atoms with Crippen LogP contribution in [-0.4, -0.2) is 22.5 Å². The second-order valence-corrected chi connectivity index (χ2v) is 3.63. The van der Waals surface area contributed by atoms with Gasteiger partial charge in [0.2, 0.25) is 0 Å². The maximum Gasteiger partial charge on any atom is 0.359 e. The molecule has 2 rings (SSSR count). The highest BCUT2D eigenvalue weighted by Crippen LogP contribution is 2.15. The van der Waals surface area contributed by atoms with Crippen molar-refractivity contribution in [3.63, 3.8) is 0 Å². The van der Waals surface area contributed by atoms with Gasteiger partial charge < -0.3 is 4.74 Å². The van der Waals surface area contributed by atoms with Gasteiger partial charge in [-0.05, 0) is 25.1 Å². The summed E-state index contributed by atoms with van der Waals surface area (Å²) in [6, 6.07) is 9.07. The van der Waals surface area contributed by atoms with E-state index in [0.717, 1.165) is 0 Å². The van der Waals surface area contributed by atoms with Crippen LogP contribution in [0.25, 0.3) is 17.1 Å². The molecule has 0 amide bonds. The first-order valence-corrected chi connectivity index (χ1v) is 5.76. The van der Waals surface area contributed by atoms with Crippen molar-refractivity contribution in [1.82, 2.24) is 9.97 Å². The van der Waals surface area contributed by atoms with Gasteiger partial charge in [-0.1, -0.05) is 12.1 Å². The minimum Gasteiger partial charge on any atom is -0.461 e. The zero-order valence-electron chi connectivity index (χ0n) is 10.3. The van der Waals surface area contributed by atoms with Gasteiger partial charge in [-0.3, -0.25) is 0 Å². The fourth-order valence-electron chi connectivity index (χ4n) is 1.60. The lowest BCUT2D eigenvalue weighted by Crippen LogP contribution is -2.10. The van der Waals surface area contributed by atoms with Gasteiger partial charge in [0.05, 0.1) is 29.4 Å². The second-order valence-electron chi connectivity index (χ2n) is 3.63. The van der Waals surface area contributed by atoms with E-state index in [4.69, 9.17) is 10.00 Å². The lowest BCUT2D eigenvalue weighted by molar-refractivity contribution is 0.0519. The fourth-order valence-corrected chi connectivity index (χ4v) is 1.60. The highest BCUT2D eigenvalue weighted by Gasteiger charge is 2.15. The molecule has 5 nitrogen and oxygen atoms in total. The Bertz CT molecular complexity index is 687. The summed E-state index contributed by atoms with van der Waals surface area (Å²) in [5, 5.41) is 8.57. The maximum absolute atomic E-state index is 11.8. The Morgan fingerprint density at radius 1 is 1.37 bits per heavy atom. The summed E-state index contributed by atoms with van der Waals surface area (Å²) in [6.45, 7) is 1.98. The Morgan fingerprint density at radius 2 is 2.05 bits per heavy atom. The van der Waals surface area contributed by atoms with E-state index in [1.165, 1.54) is 12.2 Å². The van der Waals surface area contributed by atoms with Gasteiger partial charge in [0.15, 0.2) is 5.69 Å². The monoisotopic (exact) mass is 253 g/mol. The van der Waals surface area contributed by atoms with Gasteiger partial charge in [-0.25, -0.2) is 14.8 Å². The molecule has 0 aliphatic rings. The third-order valence-electron chi connectivity index (χ3n) is 2.38. The van der Waals surface area contributed by atoms with E-state index in [-0.39, 0.29) is 12.3 Å². The molecule has 0 spiro atoms. The first kappa shape index (κ1) is 12.7. The van der Waals surface area contributed by atoms with Crippen molar-refractivity contribution in [3.8, 4) is 6.07 Å². The molecule has 0 aliphatic heterocycles. The number of aromatic nitrogens is 2. The van der Waals surface area contributed by atoms with Crippen molar-refractivity contribution < 1.29 is 9.53 Å². The van der Waals surface area contributed by atoms with Crippen LogP contribution < -0.4 is 0 Å². The molecule has 0 fully saturated rings. The van der Waals surface area contributed by atoms with Crippen LogP contribution in [0.2, 0.25) is 0 Å². The van der Waals surface area contributed by atoms with Gasteiger partial charge in [0.1, 0.15) is 0 Å². The number of carbonyl (C=O) groups is 1. The van der Waals surface area contributed by atoms with Crippen LogP contribution in [0.15, 0.2) is 30.3 Å². The van der Waals surface area contributed by atoms with Crippen LogP contribution in [0, 0.1) is 11.3 Å². The van der Waals surface area contributed by atoms with Crippen LogP contribution in [-0.2, 0) is 4.74 Å². The molecular weight excluding hydrogens is 242 g/mol. The molecule has 0 aliphatic carbocycles. The van der Waals surface area contributed by atoms with E-state index in [1.807, 2.05) is 18.2 Å². The molecule has 5 heteroatoms. The first-order valence-electron chi connectivity index (χ1n) is 5.76. The standard InChI is InChI=1S/C14H11N3O2/c1-2-19-14(18)13-12(8-5-9-15)16-10-6-3-4-7-11(10)17-13/h3-8H,2H2,1H3/b8-5-. The molecule has 19 heavy (non-hydrogen) atoms. The van der Waals surface area contributed by atoms with E-state index < -0.39 is 5.97 Å². The predicted octanol–water partition coefficient (Wildman–Crippen LogP) is 2.34. The number of hydrogen-bond acceptors (Lipinski definition) is 5. The van der Waals surface area contributed by atoms with Crippen LogP contribution in [0.1, 0.15) is 23.1 Å². The van der Waals surface area contributed by atoms with Crippen LogP contribution in [0.5, 0.6) is 0 Å². The zero-order chi connectivity index (χ0) is 13.7. The van der Waals surface area contributed by atoms with Gasteiger partial charge in [0.25, 0.3) is 0 Å². The summed E-state index contributed by atoms with van der Waals surface area (Å²) < 4.78 is 4.94. The Hall–Kier alpha value is -2.74. The quantitative estimate of drug-likeness (QED) is 0.620. The summed E-state index contributed by atoms with van der Waals surface area (Å²) in [6.07, 6.45) is 2.70. The summed E-state index contributed by atoms with van der Waals surface area (Å²) in [4.78, 5) is 20.4. The Kier molecular flexibility index (Phi) is 3.84. The van der Waals surface area contributed by atoms with Crippen LogP contribution in [0.4, 0.5) is 0 Å². The average Bonchev–Trinajstić information content (AvgIpc) is 2.44. The van der Waals surface area contributed by atoms with Crippen molar-refractivity contribution in [2.75, 3.05) is 6.61 Å². The van der Waals surface area contributed by atoms with E-state index in [2.05, 4.69) is 9.97 Å². The number of ether oxygens (including phenoxy) is 1. The van der Waals surface area contributed by atoms with Gasteiger partial charge in [0, 0.05) is 6.08 Å². The Labute approximate surface area is 110 Å². The topological polar surface area (TPSA) is 75.9 Å². The summed E-state index contributed by atoms with van der Waals surface area (Å²) in [5.74, 6) is -0.543. The van der Waals surface area contributed by atoms with E-state index >= 15 is 0 Å². The van der Waals surface area contributed by atoms with Gasteiger partial charge >= 0.3 is 5.97 Å². The second kappa shape index (κ2) is 5.74. The lowest BCUT2D eigenvalue weighted by atomic mass is 10.2. The molecule has 1 aromatic carbocycles. The number of benzene rings is 1. The fraction of sp³-hybridized carbons (Fsp3) is 0.143. The van der Waals surface area contributed by atoms with E-state index in [9.17, 15) is 4.79 Å². The van der Waals surface area contributed by atoms with Crippen molar-refractivity contribution in [3.05, 3.63) is 41.7 Å². The molecule has 2 aromatic rings. The lowest BCUT2D eigenvalue weighted by Gasteiger charge is -2.05. The average molecular weight is 253 g/mol. The minimum absolute atomic E-state index is 0.118. The molecule has 0 bridgehead atoms. The largest absolute Gasteiger partial charge is 0.461 e. The molecule has 0 radical (unpaired) electrons. The normalized spacial score (nSPS) is 10.5. The molecular formula is C14H11N3O2. The van der Waals surface area contributed by atoms with Gasteiger partial charge in [-0.15, -0.1) is 0 Å². The summed E-state index contributed by atoms with van der Waals surface area (Å²) in [7, 11) is 0. The smallest absolute Gasteiger partial charge is 0.359 e. The number of para-hydroxylation sites is 2. The van der Waals surface area contributed by atoms with Gasteiger partial charge in [-0.2, -0.15) is 5.26 Å². The Morgan fingerprint density at radius 3 is 2.68 bits per heavy atom. The molecule has 0 saturated carbocycles. The number of allylic oxidation sites excluding steroid dienone is 1. The molecule has 0 N–H and O–H groups in total. The number of esters is 1. The van der Waals surface area contributed by atoms with Crippen molar-refractivity contribution in [1.29, 1.82) is 5.26 Å². The molecule has 94 valence electrons. The van der Waals surface area contributed by atoms with E-state index in [1.54, 1.807) is 19.1 Å². The van der Waals surface area contributed by atoms with Crippen molar-refractivity contribution in [2.45, 2.75) is 6.92 Å². The molecule has 1 aromatic heterocycles. The maximum atomic E-state index is 11.8. The number of fused-ring (bicyclic) bond motifs is 1. The zero-order valence-corrected chi connectivity index (χ0v) is 10.3. The molecule has 1 heterocycles. The predicted molar refractivity (Wildman–Crippen MR) is 70.1 cm³/mol. The number of nitriles is 1. The van der Waals surface area contributed by atoms with E-state index in [0.29, 0.717) is 16.7 Å². The van der Waals surface area contributed by atoms with Crippen LogP contribution >= 0.6 is 0 Å². The van der Waals surface area contributed by atoms with Crippen molar-refractivity contribution in [2.24, 2.45) is 0 Å². The number of hydrogen-bond donors (Lipinski definition) is 0. The summed E-state index contributed by atoms with van der Waals surface area (Å²) in [5.41, 5.74) is 1.72. The number of rotatable bonds is 3. The molecule has 0 saturated heterocycles. The SMILES string of the molecule is CCOC(=O)c1nc2ccccc2nc1/C=C\C#N. The molecule has 0 atom stereocenters. The minimum atomic E-state index is -0.543. The highest BCUT2D eigenvalue weighted by molar-refractivity contribution is 5.93. The first-order chi connectivity index (χ1) is 9.26. The third kappa shape index (κ3) is 2.75. The number of carbonyl (C=O) groups excluding carboxylic acids is 1.